The van der Waals surface area contributed by atoms with Crippen molar-refractivity contribution in [1.82, 2.24) is 9.97 Å². The van der Waals surface area contributed by atoms with Crippen molar-refractivity contribution in [3.05, 3.63) is 47.8 Å². The van der Waals surface area contributed by atoms with E-state index in [1.807, 2.05) is 12.4 Å². The molecular weight excluding hydrogens is 352 g/mol. The zero-order chi connectivity index (χ0) is 20.6. The third kappa shape index (κ3) is 10.1. The fraction of sp³-hybridized carbons (Fsp3) is 0.630. The highest BCUT2D eigenvalue weighted by atomic mass is 14.9. The van der Waals surface area contributed by atoms with Crippen molar-refractivity contribution in [1.29, 1.82) is 0 Å². The monoisotopic (exact) mass is 394 g/mol. The van der Waals surface area contributed by atoms with E-state index in [1.165, 1.54) is 101 Å². The summed E-state index contributed by atoms with van der Waals surface area (Å²) in [5, 5.41) is 0. The molecule has 1 heterocycles. The maximum Gasteiger partial charge on any atom is 0.159 e. The Balaban J connectivity index is 1.65. The molecule has 2 nitrogen and oxygen atoms in total. The Morgan fingerprint density at radius 2 is 0.966 bits per heavy atom. The van der Waals surface area contributed by atoms with Crippen LogP contribution < -0.4 is 0 Å². The van der Waals surface area contributed by atoms with Crippen molar-refractivity contribution < 1.29 is 0 Å². The summed E-state index contributed by atoms with van der Waals surface area (Å²) in [5.41, 5.74) is 3.81. The van der Waals surface area contributed by atoms with E-state index >= 15 is 0 Å². The van der Waals surface area contributed by atoms with E-state index in [-0.39, 0.29) is 0 Å². The van der Waals surface area contributed by atoms with Crippen LogP contribution in [0.5, 0.6) is 0 Å². The Labute approximate surface area is 179 Å². The number of nitrogens with zero attached hydrogens (tertiary/aromatic N) is 2. The van der Waals surface area contributed by atoms with Gasteiger partial charge in [-0.25, -0.2) is 9.97 Å². The molecule has 1 aromatic carbocycles. The van der Waals surface area contributed by atoms with Crippen LogP contribution in [0, 0.1) is 0 Å². The first-order chi connectivity index (χ1) is 14.3. The van der Waals surface area contributed by atoms with E-state index in [4.69, 9.17) is 0 Å². The van der Waals surface area contributed by atoms with Crippen molar-refractivity contribution in [2.75, 3.05) is 0 Å². The average Bonchev–Trinajstić information content (AvgIpc) is 2.76. The summed E-state index contributed by atoms with van der Waals surface area (Å²) in [7, 11) is 0. The summed E-state index contributed by atoms with van der Waals surface area (Å²) in [6.45, 7) is 4.54. The molecule has 2 rings (SSSR count). The Bertz CT molecular complexity index is 631. The number of unbranched alkanes of at least 4 members (excludes halogenated alkanes) is 11. The lowest BCUT2D eigenvalue weighted by atomic mass is 10.0. The van der Waals surface area contributed by atoms with E-state index in [9.17, 15) is 0 Å². The molecule has 0 fully saturated rings. The molecule has 1 aromatic heterocycles. The zero-order valence-corrected chi connectivity index (χ0v) is 19.0. The molecule has 160 valence electrons. The largest absolute Gasteiger partial charge is 0.236 e. The molecule has 2 aromatic rings. The molecular formula is C27H42N2. The molecule has 0 aliphatic carbocycles. The zero-order valence-electron chi connectivity index (χ0n) is 19.0. The van der Waals surface area contributed by atoms with Gasteiger partial charge in [0.15, 0.2) is 5.82 Å². The predicted molar refractivity (Wildman–Crippen MR) is 126 cm³/mol. The third-order valence-electron chi connectivity index (χ3n) is 5.81. The number of rotatable bonds is 16. The van der Waals surface area contributed by atoms with Crippen molar-refractivity contribution in [2.24, 2.45) is 0 Å². The van der Waals surface area contributed by atoms with E-state index in [0.717, 1.165) is 17.8 Å². The standard InChI is InChI=1S/C27H42N2/c1-3-5-7-9-10-11-12-13-15-17-25-22-28-27(29-23-25)26-20-18-24(19-21-26)16-14-8-6-4-2/h18-23H,3-17H2,1-2H3. The first-order valence-corrected chi connectivity index (χ1v) is 12.2. The number of hydrogen-bond donors (Lipinski definition) is 0. The first-order valence-electron chi connectivity index (χ1n) is 12.2. The van der Waals surface area contributed by atoms with Crippen LogP contribution >= 0.6 is 0 Å². The Hall–Kier alpha value is -1.70. The average molecular weight is 395 g/mol. The fourth-order valence-corrected chi connectivity index (χ4v) is 3.85. The molecule has 0 N–H and O–H groups in total. The highest BCUT2D eigenvalue weighted by Crippen LogP contribution is 2.18. The van der Waals surface area contributed by atoms with Gasteiger partial charge in [-0.05, 0) is 36.8 Å². The number of hydrogen-bond acceptors (Lipinski definition) is 2. The minimum Gasteiger partial charge on any atom is -0.236 e. The van der Waals surface area contributed by atoms with Gasteiger partial charge in [0.1, 0.15) is 0 Å². The minimum atomic E-state index is 0.846. The summed E-state index contributed by atoms with van der Waals surface area (Å²) in [6, 6.07) is 8.82. The molecule has 0 radical (unpaired) electrons. The van der Waals surface area contributed by atoms with Crippen LogP contribution in [-0.2, 0) is 12.8 Å². The lowest BCUT2D eigenvalue weighted by Crippen LogP contribution is -1.94. The molecule has 0 bridgehead atoms. The van der Waals surface area contributed by atoms with Crippen molar-refractivity contribution in [2.45, 2.75) is 110 Å². The van der Waals surface area contributed by atoms with Crippen LogP contribution in [0.4, 0.5) is 0 Å². The molecule has 2 heteroatoms. The van der Waals surface area contributed by atoms with Gasteiger partial charge in [-0.3, -0.25) is 0 Å². The van der Waals surface area contributed by atoms with Gasteiger partial charge in [0.2, 0.25) is 0 Å². The lowest BCUT2D eigenvalue weighted by Gasteiger charge is -2.05. The van der Waals surface area contributed by atoms with E-state index in [1.54, 1.807) is 0 Å². The van der Waals surface area contributed by atoms with Gasteiger partial charge in [-0.1, -0.05) is 109 Å². The molecule has 0 unspecified atom stereocenters. The van der Waals surface area contributed by atoms with Gasteiger partial charge in [0, 0.05) is 18.0 Å². The van der Waals surface area contributed by atoms with Crippen LogP contribution in [0.3, 0.4) is 0 Å². The summed E-state index contributed by atoms with van der Waals surface area (Å²) in [4.78, 5) is 9.22. The molecule has 0 saturated heterocycles. The lowest BCUT2D eigenvalue weighted by molar-refractivity contribution is 0.564. The van der Waals surface area contributed by atoms with Gasteiger partial charge in [0.05, 0.1) is 0 Å². The molecule has 0 spiro atoms. The summed E-state index contributed by atoms with van der Waals surface area (Å²) in [5.74, 6) is 0.846. The maximum atomic E-state index is 4.61. The number of aryl methyl sites for hydroxylation is 2. The molecule has 0 aliphatic rings. The van der Waals surface area contributed by atoms with E-state index in [0.29, 0.717) is 0 Å². The highest BCUT2D eigenvalue weighted by molar-refractivity contribution is 5.55. The molecule has 0 amide bonds. The van der Waals surface area contributed by atoms with Gasteiger partial charge in [-0.15, -0.1) is 0 Å². The molecule has 0 saturated carbocycles. The fourth-order valence-electron chi connectivity index (χ4n) is 3.85. The highest BCUT2D eigenvalue weighted by Gasteiger charge is 2.03. The van der Waals surface area contributed by atoms with Crippen molar-refractivity contribution >= 4 is 0 Å². The quantitative estimate of drug-likeness (QED) is 0.267. The molecule has 29 heavy (non-hydrogen) atoms. The maximum absolute atomic E-state index is 4.61. The van der Waals surface area contributed by atoms with E-state index < -0.39 is 0 Å². The number of benzene rings is 1. The molecule has 0 aliphatic heterocycles. The van der Waals surface area contributed by atoms with E-state index in [2.05, 4.69) is 48.1 Å². The van der Waals surface area contributed by atoms with Crippen LogP contribution in [0.1, 0.15) is 108 Å². The van der Waals surface area contributed by atoms with Gasteiger partial charge in [0.25, 0.3) is 0 Å². The second kappa shape index (κ2) is 15.2. The predicted octanol–water partition coefficient (Wildman–Crippen LogP) is 8.34. The van der Waals surface area contributed by atoms with Gasteiger partial charge < -0.3 is 0 Å². The first kappa shape index (κ1) is 23.6. The number of aromatic nitrogens is 2. The molecule has 0 atom stereocenters. The summed E-state index contributed by atoms with van der Waals surface area (Å²) >= 11 is 0. The SMILES string of the molecule is CCCCCCCCCCCc1cnc(-c2ccc(CCCCCC)cc2)nc1. The van der Waals surface area contributed by atoms with Gasteiger partial charge in [-0.2, -0.15) is 0 Å². The Morgan fingerprint density at radius 1 is 0.517 bits per heavy atom. The smallest absolute Gasteiger partial charge is 0.159 e. The Morgan fingerprint density at radius 3 is 1.52 bits per heavy atom. The topological polar surface area (TPSA) is 25.8 Å². The minimum absolute atomic E-state index is 0.846. The van der Waals surface area contributed by atoms with Crippen molar-refractivity contribution in [3.63, 3.8) is 0 Å². The van der Waals surface area contributed by atoms with Gasteiger partial charge >= 0.3 is 0 Å². The van der Waals surface area contributed by atoms with Crippen molar-refractivity contribution in [3.8, 4) is 11.4 Å². The van der Waals surface area contributed by atoms with Crippen LogP contribution in [0.25, 0.3) is 11.4 Å². The van der Waals surface area contributed by atoms with Crippen LogP contribution in [-0.4, -0.2) is 9.97 Å². The Kier molecular flexibility index (Phi) is 12.3. The third-order valence-corrected chi connectivity index (χ3v) is 5.81. The normalized spacial score (nSPS) is 11.1. The summed E-state index contributed by atoms with van der Waals surface area (Å²) in [6.07, 6.45) is 23.9. The second-order valence-electron chi connectivity index (χ2n) is 8.50. The van der Waals surface area contributed by atoms with Crippen LogP contribution in [0.2, 0.25) is 0 Å². The summed E-state index contributed by atoms with van der Waals surface area (Å²) < 4.78 is 0. The second-order valence-corrected chi connectivity index (χ2v) is 8.50. The van der Waals surface area contributed by atoms with Crippen LogP contribution in [0.15, 0.2) is 36.7 Å².